The van der Waals surface area contributed by atoms with Crippen molar-refractivity contribution in [1.82, 2.24) is 0 Å². The zero-order chi connectivity index (χ0) is 13.0. The lowest BCUT2D eigenvalue weighted by Gasteiger charge is -2.22. The minimum absolute atomic E-state index is 0.00989. The van der Waals surface area contributed by atoms with E-state index in [0.717, 1.165) is 24.2 Å². The van der Waals surface area contributed by atoms with Crippen molar-refractivity contribution >= 4 is 17.3 Å². The van der Waals surface area contributed by atoms with Gasteiger partial charge in [-0.15, -0.1) is 0 Å². The summed E-state index contributed by atoms with van der Waals surface area (Å²) in [5.41, 5.74) is 7.80. The van der Waals surface area contributed by atoms with E-state index in [0.29, 0.717) is 5.02 Å². The molecule has 3 N–H and O–H groups in total. The largest absolute Gasteiger partial charge is 0.393 e. The summed E-state index contributed by atoms with van der Waals surface area (Å²) in [6, 6.07) is 5.86. The number of nitrogens with two attached hydrogens (primary N) is 1. The van der Waals surface area contributed by atoms with Gasteiger partial charge in [0.05, 0.1) is 16.8 Å². The highest BCUT2D eigenvalue weighted by molar-refractivity contribution is 6.33. The van der Waals surface area contributed by atoms with Gasteiger partial charge in [0, 0.05) is 19.6 Å². The third kappa shape index (κ3) is 4.19. The molecular weight excluding hydrogens is 236 g/mol. The van der Waals surface area contributed by atoms with Gasteiger partial charge >= 0.3 is 0 Å². The fourth-order valence-corrected chi connectivity index (χ4v) is 1.95. The summed E-state index contributed by atoms with van der Waals surface area (Å²) in [5, 5.41) is 9.96. The first kappa shape index (κ1) is 14.3. The fraction of sp³-hybridized carbons (Fsp3) is 0.538. The number of hydrogen-bond acceptors (Lipinski definition) is 3. The summed E-state index contributed by atoms with van der Waals surface area (Å²) in [4.78, 5) is 2.04. The zero-order valence-electron chi connectivity index (χ0n) is 10.7. The van der Waals surface area contributed by atoms with Gasteiger partial charge in [0.2, 0.25) is 0 Å². The van der Waals surface area contributed by atoms with E-state index in [1.807, 2.05) is 37.1 Å². The number of halogens is 1. The van der Waals surface area contributed by atoms with E-state index in [2.05, 4.69) is 0 Å². The third-order valence-electron chi connectivity index (χ3n) is 2.79. The van der Waals surface area contributed by atoms with Gasteiger partial charge in [-0.05, 0) is 38.0 Å². The van der Waals surface area contributed by atoms with Crippen molar-refractivity contribution in [1.29, 1.82) is 0 Å². The second-order valence-electron chi connectivity index (χ2n) is 4.56. The molecule has 0 aliphatic rings. The predicted octanol–water partition coefficient (Wildman–Crippen LogP) is 2.57. The first-order valence-electron chi connectivity index (χ1n) is 5.86. The van der Waals surface area contributed by atoms with Crippen LogP contribution in [0.15, 0.2) is 18.2 Å². The number of aliphatic hydroxyl groups excluding tert-OH is 1. The van der Waals surface area contributed by atoms with Crippen LogP contribution in [0.4, 0.5) is 5.69 Å². The maximum Gasteiger partial charge on any atom is 0.0642 e. The van der Waals surface area contributed by atoms with E-state index in [-0.39, 0.29) is 12.1 Å². The first-order valence-corrected chi connectivity index (χ1v) is 6.24. The van der Waals surface area contributed by atoms with E-state index >= 15 is 0 Å². The van der Waals surface area contributed by atoms with Crippen molar-refractivity contribution in [2.24, 2.45) is 5.73 Å². The van der Waals surface area contributed by atoms with Gasteiger partial charge in [-0.3, -0.25) is 0 Å². The van der Waals surface area contributed by atoms with Gasteiger partial charge in [0.15, 0.2) is 0 Å². The van der Waals surface area contributed by atoms with Crippen LogP contribution < -0.4 is 10.6 Å². The average Bonchev–Trinajstić information content (AvgIpc) is 2.25. The van der Waals surface area contributed by atoms with Crippen molar-refractivity contribution in [2.45, 2.75) is 32.4 Å². The summed E-state index contributed by atoms with van der Waals surface area (Å²) in [6.07, 6.45) is 0.432. The molecule has 0 saturated carbocycles. The number of anilines is 1. The number of benzene rings is 1. The number of aliphatic hydroxyl groups is 1. The summed E-state index contributed by atoms with van der Waals surface area (Å²) in [7, 11) is 1.97. The number of rotatable bonds is 5. The van der Waals surface area contributed by atoms with Crippen LogP contribution in [-0.2, 0) is 0 Å². The van der Waals surface area contributed by atoms with E-state index in [1.165, 1.54) is 0 Å². The first-order chi connectivity index (χ1) is 7.91. The van der Waals surface area contributed by atoms with Crippen LogP contribution in [0.3, 0.4) is 0 Å². The Labute approximate surface area is 108 Å². The third-order valence-corrected chi connectivity index (χ3v) is 3.09. The summed E-state index contributed by atoms with van der Waals surface area (Å²) < 4.78 is 0. The summed E-state index contributed by atoms with van der Waals surface area (Å²) in [5.74, 6) is 0. The van der Waals surface area contributed by atoms with Crippen LogP contribution in [0.1, 0.15) is 31.9 Å². The van der Waals surface area contributed by atoms with E-state index in [9.17, 15) is 5.11 Å². The van der Waals surface area contributed by atoms with Gasteiger partial charge in [0.25, 0.3) is 0 Å². The predicted molar refractivity (Wildman–Crippen MR) is 73.6 cm³/mol. The molecule has 0 fully saturated rings. The topological polar surface area (TPSA) is 49.5 Å². The number of nitrogens with zero attached hydrogens (tertiary/aromatic N) is 1. The molecule has 4 heteroatoms. The van der Waals surface area contributed by atoms with Crippen LogP contribution in [0.5, 0.6) is 0 Å². The van der Waals surface area contributed by atoms with E-state index in [4.69, 9.17) is 17.3 Å². The molecule has 0 radical (unpaired) electrons. The van der Waals surface area contributed by atoms with Gasteiger partial charge in [-0.25, -0.2) is 0 Å². The number of hydrogen-bond donors (Lipinski definition) is 2. The molecular formula is C13H21ClN2O. The minimum atomic E-state index is -0.292. The van der Waals surface area contributed by atoms with Gasteiger partial charge in [-0.2, -0.15) is 0 Å². The Morgan fingerprint density at radius 1 is 1.41 bits per heavy atom. The molecule has 2 atom stereocenters. The van der Waals surface area contributed by atoms with Crippen molar-refractivity contribution < 1.29 is 5.11 Å². The molecule has 1 aromatic carbocycles. The normalized spacial score (nSPS) is 14.5. The minimum Gasteiger partial charge on any atom is -0.393 e. The molecule has 0 aromatic heterocycles. The van der Waals surface area contributed by atoms with Crippen LogP contribution in [-0.4, -0.2) is 24.8 Å². The SMILES string of the molecule is CC(O)CCN(C)c1ccc([C@H](C)N)cc1Cl. The Bertz CT molecular complexity index is 366. The van der Waals surface area contributed by atoms with Gasteiger partial charge in [-0.1, -0.05) is 17.7 Å². The molecule has 17 heavy (non-hydrogen) atoms. The van der Waals surface area contributed by atoms with E-state index < -0.39 is 0 Å². The second kappa shape index (κ2) is 6.24. The molecule has 0 bridgehead atoms. The van der Waals surface area contributed by atoms with Gasteiger partial charge < -0.3 is 15.7 Å². The van der Waals surface area contributed by atoms with Crippen LogP contribution in [0.25, 0.3) is 0 Å². The smallest absolute Gasteiger partial charge is 0.0642 e. The highest BCUT2D eigenvalue weighted by Gasteiger charge is 2.09. The lowest BCUT2D eigenvalue weighted by atomic mass is 10.1. The molecule has 0 spiro atoms. The highest BCUT2D eigenvalue weighted by atomic mass is 35.5. The Morgan fingerprint density at radius 3 is 2.53 bits per heavy atom. The molecule has 0 heterocycles. The molecule has 1 unspecified atom stereocenters. The fourth-order valence-electron chi connectivity index (χ4n) is 1.62. The Kier molecular flexibility index (Phi) is 5.25. The molecule has 1 rings (SSSR count). The van der Waals surface area contributed by atoms with Crippen molar-refractivity contribution in [2.75, 3.05) is 18.5 Å². The van der Waals surface area contributed by atoms with E-state index in [1.54, 1.807) is 6.92 Å². The van der Waals surface area contributed by atoms with Crippen LogP contribution in [0, 0.1) is 0 Å². The monoisotopic (exact) mass is 256 g/mol. The van der Waals surface area contributed by atoms with Crippen LogP contribution in [0.2, 0.25) is 5.02 Å². The molecule has 1 aromatic rings. The Hall–Kier alpha value is -0.770. The summed E-state index contributed by atoms with van der Waals surface area (Å²) in [6.45, 7) is 4.49. The summed E-state index contributed by atoms with van der Waals surface area (Å²) >= 11 is 6.22. The zero-order valence-corrected chi connectivity index (χ0v) is 11.4. The van der Waals surface area contributed by atoms with Crippen LogP contribution >= 0.6 is 11.6 Å². The van der Waals surface area contributed by atoms with Crippen molar-refractivity contribution in [3.8, 4) is 0 Å². The molecule has 96 valence electrons. The quantitative estimate of drug-likeness (QED) is 0.851. The highest BCUT2D eigenvalue weighted by Crippen LogP contribution is 2.27. The second-order valence-corrected chi connectivity index (χ2v) is 4.97. The molecule has 0 aliphatic carbocycles. The standard InChI is InChI=1S/C13H21ClN2O/c1-9(17)6-7-16(3)13-5-4-11(10(2)15)8-12(13)14/h4-5,8-10,17H,6-7,15H2,1-3H3/t9?,10-/m0/s1. The molecule has 0 aliphatic heterocycles. The lowest BCUT2D eigenvalue weighted by Crippen LogP contribution is -2.22. The maximum atomic E-state index is 9.26. The molecule has 0 saturated heterocycles. The van der Waals surface area contributed by atoms with Crippen molar-refractivity contribution in [3.05, 3.63) is 28.8 Å². The average molecular weight is 257 g/mol. The maximum absolute atomic E-state index is 9.26. The van der Waals surface area contributed by atoms with Gasteiger partial charge in [0.1, 0.15) is 0 Å². The lowest BCUT2D eigenvalue weighted by molar-refractivity contribution is 0.187. The van der Waals surface area contributed by atoms with Crippen molar-refractivity contribution in [3.63, 3.8) is 0 Å². The molecule has 3 nitrogen and oxygen atoms in total. The molecule has 0 amide bonds. The Balaban J connectivity index is 2.77. The Morgan fingerprint density at radius 2 is 2.06 bits per heavy atom.